The van der Waals surface area contributed by atoms with Gasteiger partial charge in [-0.2, -0.15) is 0 Å². The Bertz CT molecular complexity index is 485. The number of nitrogens with zero attached hydrogens (tertiary/aromatic N) is 1. The van der Waals surface area contributed by atoms with Crippen molar-refractivity contribution in [3.8, 4) is 0 Å². The Kier molecular flexibility index (Phi) is 2.97. The first kappa shape index (κ1) is 10.8. The summed E-state index contributed by atoms with van der Waals surface area (Å²) in [5.74, 6) is -0.305. The summed E-state index contributed by atoms with van der Waals surface area (Å²) in [4.78, 5) is 3.93. The van der Waals surface area contributed by atoms with E-state index >= 15 is 0 Å². The number of hydrogen-bond donors (Lipinski definition) is 1. The number of hydrogen-bond acceptors (Lipinski definition) is 2. The fourth-order valence-corrected chi connectivity index (χ4v) is 1.64. The van der Waals surface area contributed by atoms with Crippen molar-refractivity contribution in [2.45, 2.75) is 13.0 Å². The predicted molar refractivity (Wildman–Crippen MR) is 59.4 cm³/mol. The largest absolute Gasteiger partial charge is 0.384 e. The molecule has 0 bridgehead atoms. The lowest BCUT2D eigenvalue weighted by Crippen LogP contribution is -2.03. The van der Waals surface area contributed by atoms with Gasteiger partial charge in [0.15, 0.2) is 0 Å². The van der Waals surface area contributed by atoms with Gasteiger partial charge in [0, 0.05) is 18.0 Å². The number of benzene rings is 1. The lowest BCUT2D eigenvalue weighted by atomic mass is 9.98. The van der Waals surface area contributed by atoms with Crippen molar-refractivity contribution in [1.29, 1.82) is 0 Å². The predicted octanol–water partition coefficient (Wildman–Crippen LogP) is 2.61. The zero-order chi connectivity index (χ0) is 11.5. The summed E-state index contributed by atoms with van der Waals surface area (Å²) in [6.07, 6.45) is 2.38. The Morgan fingerprint density at radius 2 is 2.06 bits per heavy atom. The Morgan fingerprint density at radius 1 is 1.25 bits per heavy atom. The van der Waals surface area contributed by atoms with Crippen LogP contribution in [0.25, 0.3) is 0 Å². The van der Waals surface area contributed by atoms with Crippen LogP contribution >= 0.6 is 0 Å². The molecule has 1 unspecified atom stereocenters. The van der Waals surface area contributed by atoms with Gasteiger partial charge in [-0.1, -0.05) is 18.2 Å². The summed E-state index contributed by atoms with van der Waals surface area (Å²) < 4.78 is 13.3. The number of halogens is 1. The highest BCUT2D eigenvalue weighted by Gasteiger charge is 2.14. The first-order valence-corrected chi connectivity index (χ1v) is 5.03. The molecule has 0 aliphatic rings. The number of aliphatic hydroxyl groups excluding tert-OH is 1. The zero-order valence-corrected chi connectivity index (χ0v) is 8.89. The number of aliphatic hydroxyl groups is 1. The maximum Gasteiger partial charge on any atom is 0.126 e. The SMILES string of the molecule is Cc1c(F)cccc1C(O)c1cccnc1. The van der Waals surface area contributed by atoms with Crippen LogP contribution in [-0.4, -0.2) is 10.1 Å². The summed E-state index contributed by atoms with van der Waals surface area (Å²) >= 11 is 0. The molecule has 0 fully saturated rings. The molecule has 0 spiro atoms. The Hall–Kier alpha value is -1.74. The quantitative estimate of drug-likeness (QED) is 0.838. The second kappa shape index (κ2) is 4.41. The van der Waals surface area contributed by atoms with Crippen molar-refractivity contribution in [2.75, 3.05) is 0 Å². The van der Waals surface area contributed by atoms with Gasteiger partial charge >= 0.3 is 0 Å². The molecule has 0 aliphatic carbocycles. The highest BCUT2D eigenvalue weighted by Crippen LogP contribution is 2.25. The number of rotatable bonds is 2. The normalized spacial score (nSPS) is 12.4. The van der Waals surface area contributed by atoms with Gasteiger partial charge < -0.3 is 5.11 Å². The van der Waals surface area contributed by atoms with E-state index in [-0.39, 0.29) is 5.82 Å². The van der Waals surface area contributed by atoms with E-state index in [9.17, 15) is 9.50 Å². The van der Waals surface area contributed by atoms with E-state index in [1.165, 1.54) is 6.07 Å². The number of aromatic nitrogens is 1. The maximum absolute atomic E-state index is 13.3. The van der Waals surface area contributed by atoms with Gasteiger partial charge in [-0.25, -0.2) is 4.39 Å². The summed E-state index contributed by atoms with van der Waals surface area (Å²) in [7, 11) is 0. The minimum absolute atomic E-state index is 0.305. The zero-order valence-electron chi connectivity index (χ0n) is 8.89. The lowest BCUT2D eigenvalue weighted by molar-refractivity contribution is 0.218. The summed E-state index contributed by atoms with van der Waals surface area (Å²) in [5.41, 5.74) is 1.71. The van der Waals surface area contributed by atoms with Crippen LogP contribution in [0.1, 0.15) is 22.8 Å². The van der Waals surface area contributed by atoms with Crippen LogP contribution in [0.3, 0.4) is 0 Å². The topological polar surface area (TPSA) is 33.1 Å². The van der Waals surface area contributed by atoms with Crippen LogP contribution in [0.4, 0.5) is 4.39 Å². The fourth-order valence-electron chi connectivity index (χ4n) is 1.64. The molecule has 16 heavy (non-hydrogen) atoms. The second-order valence-electron chi connectivity index (χ2n) is 3.64. The monoisotopic (exact) mass is 217 g/mol. The summed E-state index contributed by atoms with van der Waals surface area (Å²) in [5, 5.41) is 10.1. The molecule has 1 atom stereocenters. The van der Waals surface area contributed by atoms with E-state index < -0.39 is 6.10 Å². The molecule has 2 nitrogen and oxygen atoms in total. The highest BCUT2D eigenvalue weighted by molar-refractivity contribution is 5.34. The molecule has 0 aliphatic heterocycles. The number of pyridine rings is 1. The molecular formula is C13H12FNO. The van der Waals surface area contributed by atoms with Crippen molar-refractivity contribution < 1.29 is 9.50 Å². The van der Waals surface area contributed by atoms with E-state index in [1.54, 1.807) is 43.6 Å². The van der Waals surface area contributed by atoms with Gasteiger partial charge in [0.25, 0.3) is 0 Å². The lowest BCUT2D eigenvalue weighted by Gasteiger charge is -2.13. The van der Waals surface area contributed by atoms with Crippen molar-refractivity contribution in [3.05, 3.63) is 65.2 Å². The molecular weight excluding hydrogens is 205 g/mol. The molecule has 1 heterocycles. The van der Waals surface area contributed by atoms with Crippen LogP contribution in [0, 0.1) is 12.7 Å². The molecule has 1 aromatic carbocycles. The van der Waals surface area contributed by atoms with Crippen molar-refractivity contribution in [3.63, 3.8) is 0 Å². The smallest absolute Gasteiger partial charge is 0.126 e. The first-order valence-electron chi connectivity index (χ1n) is 5.03. The van der Waals surface area contributed by atoms with Crippen LogP contribution in [-0.2, 0) is 0 Å². The van der Waals surface area contributed by atoms with Crippen molar-refractivity contribution >= 4 is 0 Å². The van der Waals surface area contributed by atoms with Crippen molar-refractivity contribution in [1.82, 2.24) is 4.98 Å². The van der Waals surface area contributed by atoms with Crippen molar-refractivity contribution in [2.24, 2.45) is 0 Å². The maximum atomic E-state index is 13.3. The van der Waals surface area contributed by atoms with E-state index in [2.05, 4.69) is 4.98 Å². The molecule has 0 saturated carbocycles. The summed E-state index contributed by atoms with van der Waals surface area (Å²) in [6, 6.07) is 8.21. The van der Waals surface area contributed by atoms with Gasteiger partial charge in [0.2, 0.25) is 0 Å². The van der Waals surface area contributed by atoms with Gasteiger partial charge in [-0.3, -0.25) is 4.98 Å². The average molecular weight is 217 g/mol. The van der Waals surface area contributed by atoms with Gasteiger partial charge in [0.05, 0.1) is 0 Å². The van der Waals surface area contributed by atoms with Crippen LogP contribution in [0.5, 0.6) is 0 Å². The van der Waals surface area contributed by atoms with Crippen LogP contribution in [0.15, 0.2) is 42.7 Å². The van der Waals surface area contributed by atoms with Crippen LogP contribution < -0.4 is 0 Å². The molecule has 2 rings (SSSR count). The molecule has 0 amide bonds. The third kappa shape index (κ3) is 1.95. The molecule has 1 aromatic heterocycles. The molecule has 0 radical (unpaired) electrons. The first-order chi connectivity index (χ1) is 7.70. The van der Waals surface area contributed by atoms with Gasteiger partial charge in [-0.15, -0.1) is 0 Å². The molecule has 1 N–H and O–H groups in total. The highest BCUT2D eigenvalue weighted by atomic mass is 19.1. The Labute approximate surface area is 93.4 Å². The van der Waals surface area contributed by atoms with Gasteiger partial charge in [0.1, 0.15) is 11.9 Å². The third-order valence-electron chi connectivity index (χ3n) is 2.60. The van der Waals surface area contributed by atoms with Gasteiger partial charge in [-0.05, 0) is 30.2 Å². The molecule has 3 heteroatoms. The Morgan fingerprint density at radius 3 is 2.75 bits per heavy atom. The van der Waals surface area contributed by atoms with E-state index in [0.29, 0.717) is 16.7 Å². The van der Waals surface area contributed by atoms with E-state index in [1.807, 2.05) is 0 Å². The molecule has 2 aromatic rings. The van der Waals surface area contributed by atoms with Crippen LogP contribution in [0.2, 0.25) is 0 Å². The Balaban J connectivity index is 2.42. The minimum Gasteiger partial charge on any atom is -0.384 e. The summed E-state index contributed by atoms with van der Waals surface area (Å²) in [6.45, 7) is 1.66. The standard InChI is InChI=1S/C13H12FNO/c1-9-11(5-2-6-12(9)14)13(16)10-4-3-7-15-8-10/h2-8,13,16H,1H3. The van der Waals surface area contributed by atoms with E-state index in [4.69, 9.17) is 0 Å². The van der Waals surface area contributed by atoms with E-state index in [0.717, 1.165) is 0 Å². The minimum atomic E-state index is -0.829. The average Bonchev–Trinajstić information content (AvgIpc) is 2.33. The third-order valence-corrected chi connectivity index (χ3v) is 2.60. The molecule has 82 valence electrons. The second-order valence-corrected chi connectivity index (χ2v) is 3.64. The fraction of sp³-hybridized carbons (Fsp3) is 0.154. The molecule has 0 saturated heterocycles.